The van der Waals surface area contributed by atoms with E-state index in [0.29, 0.717) is 13.0 Å². The summed E-state index contributed by atoms with van der Waals surface area (Å²) in [5.74, 6) is 1.09. The molecular weight excluding hydrogens is 477 g/mol. The molecule has 0 spiro atoms. The van der Waals surface area contributed by atoms with Crippen LogP contribution in [0.5, 0.6) is 0 Å². The highest BCUT2D eigenvalue weighted by atomic mass is 127. The Labute approximate surface area is 193 Å². The number of unbranched alkanes of at least 4 members (excludes halogenated alkanes) is 1. The van der Waals surface area contributed by atoms with Gasteiger partial charge < -0.3 is 20.4 Å². The SMILES string of the molecule is CCNC(=NCc1ccc(N2CCCC2=O)cc1)NCCCCN(CC)CC.I. The maximum Gasteiger partial charge on any atom is 0.227 e. The highest BCUT2D eigenvalue weighted by Crippen LogP contribution is 2.21. The van der Waals surface area contributed by atoms with Crippen molar-refractivity contribution in [2.24, 2.45) is 4.99 Å². The molecule has 2 rings (SSSR count). The van der Waals surface area contributed by atoms with Crippen LogP contribution in [0.3, 0.4) is 0 Å². The predicted octanol–water partition coefficient (Wildman–Crippen LogP) is 3.61. The van der Waals surface area contributed by atoms with Gasteiger partial charge in [0.15, 0.2) is 5.96 Å². The third-order valence-corrected chi connectivity index (χ3v) is 5.17. The summed E-state index contributed by atoms with van der Waals surface area (Å²) in [6, 6.07) is 8.19. The zero-order valence-electron chi connectivity index (χ0n) is 18.2. The molecule has 1 aromatic carbocycles. The standard InChI is InChI=1S/C22H37N5O.HI/c1-4-23-22(24-15-7-8-16-26(5-2)6-3)25-18-19-11-13-20(14-12-19)27-17-9-10-21(27)28;/h11-14H,4-10,15-18H2,1-3H3,(H2,23,24,25);1H. The lowest BCUT2D eigenvalue weighted by Gasteiger charge is -2.18. The number of carbonyl (C=O) groups excluding carboxylic acids is 1. The third-order valence-electron chi connectivity index (χ3n) is 5.17. The van der Waals surface area contributed by atoms with Gasteiger partial charge in [-0.3, -0.25) is 4.79 Å². The molecule has 2 N–H and O–H groups in total. The Morgan fingerprint density at radius 2 is 1.83 bits per heavy atom. The fraction of sp³-hybridized carbons (Fsp3) is 0.636. The average Bonchev–Trinajstić information content (AvgIpc) is 3.15. The highest BCUT2D eigenvalue weighted by Gasteiger charge is 2.21. The number of rotatable bonds is 11. The van der Waals surface area contributed by atoms with Crippen molar-refractivity contribution in [3.63, 3.8) is 0 Å². The molecule has 1 fully saturated rings. The van der Waals surface area contributed by atoms with Crippen LogP contribution in [0.2, 0.25) is 0 Å². The molecule has 0 aliphatic carbocycles. The molecule has 1 saturated heterocycles. The summed E-state index contributed by atoms with van der Waals surface area (Å²) in [5, 5.41) is 6.74. The van der Waals surface area contributed by atoms with E-state index in [-0.39, 0.29) is 29.9 Å². The second-order valence-corrected chi connectivity index (χ2v) is 7.17. The summed E-state index contributed by atoms with van der Waals surface area (Å²) in [7, 11) is 0. The van der Waals surface area contributed by atoms with Crippen molar-refractivity contribution in [2.75, 3.05) is 44.2 Å². The molecule has 0 atom stereocenters. The molecule has 0 bridgehead atoms. The minimum absolute atomic E-state index is 0. The van der Waals surface area contributed by atoms with Gasteiger partial charge in [-0.05, 0) is 63.5 Å². The molecule has 0 aromatic heterocycles. The van der Waals surface area contributed by atoms with Gasteiger partial charge in [0.25, 0.3) is 0 Å². The van der Waals surface area contributed by atoms with Crippen molar-refractivity contribution >= 4 is 41.5 Å². The maximum atomic E-state index is 11.8. The molecule has 1 aliphatic rings. The first-order chi connectivity index (χ1) is 13.7. The van der Waals surface area contributed by atoms with Crippen LogP contribution in [0.1, 0.15) is 52.0 Å². The quantitative estimate of drug-likeness (QED) is 0.205. The van der Waals surface area contributed by atoms with Gasteiger partial charge in [0.1, 0.15) is 0 Å². The summed E-state index contributed by atoms with van der Waals surface area (Å²) in [5.41, 5.74) is 2.14. The second-order valence-electron chi connectivity index (χ2n) is 7.17. The Balaban J connectivity index is 0.00000420. The fourth-order valence-electron chi connectivity index (χ4n) is 3.42. The molecule has 1 aliphatic heterocycles. The minimum Gasteiger partial charge on any atom is -0.357 e. The Bertz CT molecular complexity index is 616. The number of nitrogens with one attached hydrogen (secondary N) is 2. The van der Waals surface area contributed by atoms with E-state index >= 15 is 0 Å². The topological polar surface area (TPSA) is 60.0 Å². The molecule has 7 heteroatoms. The van der Waals surface area contributed by atoms with E-state index in [4.69, 9.17) is 4.99 Å². The van der Waals surface area contributed by atoms with Crippen LogP contribution in [-0.2, 0) is 11.3 Å². The largest absolute Gasteiger partial charge is 0.357 e. The highest BCUT2D eigenvalue weighted by molar-refractivity contribution is 14.0. The number of hydrogen-bond donors (Lipinski definition) is 2. The van der Waals surface area contributed by atoms with Crippen molar-refractivity contribution in [1.29, 1.82) is 0 Å². The van der Waals surface area contributed by atoms with E-state index in [0.717, 1.165) is 69.3 Å². The maximum absolute atomic E-state index is 11.8. The lowest BCUT2D eigenvalue weighted by molar-refractivity contribution is -0.117. The summed E-state index contributed by atoms with van der Waals surface area (Å²) in [6.07, 6.45) is 3.96. The number of hydrogen-bond acceptors (Lipinski definition) is 3. The summed E-state index contributed by atoms with van der Waals surface area (Å²) < 4.78 is 0. The van der Waals surface area contributed by atoms with Crippen LogP contribution in [0.25, 0.3) is 0 Å². The van der Waals surface area contributed by atoms with Gasteiger partial charge >= 0.3 is 0 Å². The van der Waals surface area contributed by atoms with Gasteiger partial charge in [-0.15, -0.1) is 24.0 Å². The van der Waals surface area contributed by atoms with Crippen LogP contribution in [0, 0.1) is 0 Å². The summed E-state index contributed by atoms with van der Waals surface area (Å²) in [6.45, 7) is 13.2. The molecule has 29 heavy (non-hydrogen) atoms. The van der Waals surface area contributed by atoms with Gasteiger partial charge in [-0.2, -0.15) is 0 Å². The predicted molar refractivity (Wildman–Crippen MR) is 133 cm³/mol. The van der Waals surface area contributed by atoms with Crippen LogP contribution in [-0.4, -0.2) is 56.0 Å². The minimum atomic E-state index is 0. The number of anilines is 1. The first-order valence-corrected chi connectivity index (χ1v) is 10.8. The van der Waals surface area contributed by atoms with Gasteiger partial charge in [-0.1, -0.05) is 26.0 Å². The molecule has 0 saturated carbocycles. The van der Waals surface area contributed by atoms with Crippen molar-refractivity contribution in [3.8, 4) is 0 Å². The Morgan fingerprint density at radius 3 is 2.41 bits per heavy atom. The number of halogens is 1. The number of guanidine groups is 1. The van der Waals surface area contributed by atoms with Crippen molar-refractivity contribution < 1.29 is 4.79 Å². The van der Waals surface area contributed by atoms with E-state index in [1.807, 2.05) is 17.0 Å². The zero-order chi connectivity index (χ0) is 20.2. The molecule has 164 valence electrons. The van der Waals surface area contributed by atoms with E-state index in [2.05, 4.69) is 48.4 Å². The normalized spacial score (nSPS) is 14.3. The number of amides is 1. The first kappa shape index (κ1) is 25.7. The fourth-order valence-corrected chi connectivity index (χ4v) is 3.42. The number of benzene rings is 1. The zero-order valence-corrected chi connectivity index (χ0v) is 20.6. The number of nitrogens with zero attached hydrogens (tertiary/aromatic N) is 3. The van der Waals surface area contributed by atoms with Crippen molar-refractivity contribution in [2.45, 2.75) is 53.0 Å². The number of aliphatic imine (C=N–C) groups is 1. The monoisotopic (exact) mass is 515 g/mol. The lowest BCUT2D eigenvalue weighted by atomic mass is 10.2. The summed E-state index contributed by atoms with van der Waals surface area (Å²) >= 11 is 0. The average molecular weight is 515 g/mol. The molecular formula is C22H38IN5O. The van der Waals surface area contributed by atoms with Gasteiger partial charge in [0.05, 0.1) is 6.54 Å². The van der Waals surface area contributed by atoms with Gasteiger partial charge in [0, 0.05) is 31.7 Å². The molecule has 1 amide bonds. The number of carbonyl (C=O) groups is 1. The molecule has 1 aromatic rings. The van der Waals surface area contributed by atoms with Gasteiger partial charge in [0.2, 0.25) is 5.91 Å². The van der Waals surface area contributed by atoms with Gasteiger partial charge in [-0.25, -0.2) is 4.99 Å². The van der Waals surface area contributed by atoms with Crippen LogP contribution in [0.15, 0.2) is 29.3 Å². The van der Waals surface area contributed by atoms with E-state index in [1.165, 1.54) is 6.42 Å². The van der Waals surface area contributed by atoms with Crippen LogP contribution in [0.4, 0.5) is 5.69 Å². The lowest BCUT2D eigenvalue weighted by Crippen LogP contribution is -2.38. The van der Waals surface area contributed by atoms with E-state index < -0.39 is 0 Å². The Hall–Kier alpha value is -1.35. The summed E-state index contributed by atoms with van der Waals surface area (Å²) in [4.78, 5) is 20.9. The second kappa shape index (κ2) is 14.6. The van der Waals surface area contributed by atoms with Crippen LogP contribution >= 0.6 is 24.0 Å². The first-order valence-electron chi connectivity index (χ1n) is 10.8. The smallest absolute Gasteiger partial charge is 0.227 e. The molecule has 0 unspecified atom stereocenters. The van der Waals surface area contributed by atoms with Crippen molar-refractivity contribution in [1.82, 2.24) is 15.5 Å². The van der Waals surface area contributed by atoms with E-state index in [9.17, 15) is 4.79 Å². The molecule has 6 nitrogen and oxygen atoms in total. The van der Waals surface area contributed by atoms with E-state index in [1.54, 1.807) is 0 Å². The third kappa shape index (κ3) is 8.90. The molecule has 1 heterocycles. The Kier molecular flexibility index (Phi) is 12.9. The Morgan fingerprint density at radius 1 is 1.10 bits per heavy atom. The molecule has 0 radical (unpaired) electrons. The van der Waals surface area contributed by atoms with Crippen molar-refractivity contribution in [3.05, 3.63) is 29.8 Å². The van der Waals surface area contributed by atoms with Crippen LogP contribution < -0.4 is 15.5 Å².